The lowest BCUT2D eigenvalue weighted by atomic mass is 10.3. The molecule has 0 unspecified atom stereocenters. The highest BCUT2D eigenvalue weighted by Crippen LogP contribution is 2.13. The molecule has 0 radical (unpaired) electrons. The van der Waals surface area contributed by atoms with Crippen LogP contribution in [0.25, 0.3) is 0 Å². The monoisotopic (exact) mass is 606 g/mol. The van der Waals surface area contributed by atoms with Crippen molar-refractivity contribution in [1.82, 2.24) is 10.9 Å². The first-order valence-corrected chi connectivity index (χ1v) is 10.1. The fourth-order valence-corrected chi connectivity index (χ4v) is 2.43. The van der Waals surface area contributed by atoms with Crippen LogP contribution in [0.3, 0.4) is 0 Å². The molecule has 146 valence electrons. The van der Waals surface area contributed by atoms with E-state index in [-0.39, 0.29) is 13.2 Å². The number of halogens is 2. The van der Waals surface area contributed by atoms with Gasteiger partial charge < -0.3 is 9.47 Å². The van der Waals surface area contributed by atoms with Crippen molar-refractivity contribution in [2.24, 2.45) is 10.2 Å². The first-order valence-electron chi connectivity index (χ1n) is 7.92. The standard InChI is InChI=1S/C18H16I2N4O4/c19-13-1-5-15(6-2-13)27-11-17(25)23-21-9-10-22-24-18(26)12-28-16-7-3-14(20)4-8-16/h1-10H,11-12H2,(H,23,25)(H,24,26)/b21-9+,22-10+. The van der Waals surface area contributed by atoms with E-state index in [9.17, 15) is 9.59 Å². The Labute approximate surface area is 189 Å². The topological polar surface area (TPSA) is 101 Å². The van der Waals surface area contributed by atoms with Gasteiger partial charge >= 0.3 is 0 Å². The molecule has 0 bridgehead atoms. The van der Waals surface area contributed by atoms with Gasteiger partial charge in [0.15, 0.2) is 13.2 Å². The maximum Gasteiger partial charge on any atom is 0.277 e. The molecule has 0 aliphatic carbocycles. The third-order valence-electron chi connectivity index (χ3n) is 2.96. The number of ether oxygens (including phenoxy) is 2. The lowest BCUT2D eigenvalue weighted by Crippen LogP contribution is -2.25. The Morgan fingerprint density at radius 3 is 1.46 bits per heavy atom. The summed E-state index contributed by atoms with van der Waals surface area (Å²) in [4.78, 5) is 23.2. The zero-order valence-electron chi connectivity index (χ0n) is 14.5. The molecule has 2 aromatic carbocycles. The summed E-state index contributed by atoms with van der Waals surface area (Å²) in [7, 11) is 0. The molecule has 0 aliphatic heterocycles. The number of carbonyl (C=O) groups excluding carboxylic acids is 2. The smallest absolute Gasteiger partial charge is 0.277 e. The number of amides is 2. The fraction of sp³-hybridized carbons (Fsp3) is 0.111. The average molecular weight is 606 g/mol. The molecule has 2 amide bonds. The van der Waals surface area contributed by atoms with Crippen molar-refractivity contribution >= 4 is 69.4 Å². The van der Waals surface area contributed by atoms with Gasteiger partial charge in [-0.05, 0) is 93.7 Å². The molecule has 2 rings (SSSR count). The van der Waals surface area contributed by atoms with Crippen molar-refractivity contribution in [1.29, 1.82) is 0 Å². The van der Waals surface area contributed by atoms with E-state index in [2.05, 4.69) is 66.2 Å². The number of hydrogen-bond acceptors (Lipinski definition) is 6. The second-order valence-corrected chi connectivity index (χ2v) is 7.60. The second-order valence-electron chi connectivity index (χ2n) is 5.11. The maximum absolute atomic E-state index is 11.6. The summed E-state index contributed by atoms with van der Waals surface area (Å²) in [6.07, 6.45) is 2.45. The highest BCUT2D eigenvalue weighted by molar-refractivity contribution is 14.1. The van der Waals surface area contributed by atoms with Crippen molar-refractivity contribution in [3.05, 3.63) is 55.7 Å². The Hall–Kier alpha value is -2.22. The molecule has 0 saturated carbocycles. The van der Waals surface area contributed by atoms with Crippen LogP contribution in [0.1, 0.15) is 0 Å². The van der Waals surface area contributed by atoms with Crippen LogP contribution in [0.4, 0.5) is 0 Å². The van der Waals surface area contributed by atoms with E-state index in [4.69, 9.17) is 9.47 Å². The molecule has 2 N–H and O–H groups in total. The quantitative estimate of drug-likeness (QED) is 0.261. The number of nitrogens with zero attached hydrogens (tertiary/aromatic N) is 2. The third kappa shape index (κ3) is 9.12. The lowest BCUT2D eigenvalue weighted by Gasteiger charge is -2.04. The van der Waals surface area contributed by atoms with Gasteiger partial charge in [-0.1, -0.05) is 0 Å². The molecular weight excluding hydrogens is 590 g/mol. The Morgan fingerprint density at radius 1 is 0.750 bits per heavy atom. The Bertz CT molecular complexity index is 768. The number of nitrogens with one attached hydrogen (secondary N) is 2. The molecule has 2 aromatic rings. The molecule has 28 heavy (non-hydrogen) atoms. The molecule has 0 aliphatic rings. The molecule has 0 atom stereocenters. The average Bonchev–Trinajstić information content (AvgIpc) is 2.69. The van der Waals surface area contributed by atoms with Crippen LogP contribution in [0, 0.1) is 7.14 Å². The summed E-state index contributed by atoms with van der Waals surface area (Å²) >= 11 is 4.36. The molecule has 0 fully saturated rings. The van der Waals surface area contributed by atoms with Crippen molar-refractivity contribution in [2.75, 3.05) is 13.2 Å². The second kappa shape index (κ2) is 12.3. The van der Waals surface area contributed by atoms with E-state index < -0.39 is 11.8 Å². The summed E-state index contributed by atoms with van der Waals surface area (Å²) < 4.78 is 12.8. The van der Waals surface area contributed by atoms with Crippen LogP contribution in [-0.4, -0.2) is 37.5 Å². The predicted octanol–water partition coefficient (Wildman–Crippen LogP) is 2.56. The van der Waals surface area contributed by atoms with Gasteiger partial charge in [0.05, 0.1) is 12.4 Å². The highest BCUT2D eigenvalue weighted by Gasteiger charge is 2.02. The highest BCUT2D eigenvalue weighted by atomic mass is 127. The van der Waals surface area contributed by atoms with Gasteiger partial charge in [0, 0.05) is 7.14 Å². The third-order valence-corrected chi connectivity index (χ3v) is 4.40. The van der Waals surface area contributed by atoms with Gasteiger partial charge in [0.1, 0.15) is 11.5 Å². The van der Waals surface area contributed by atoms with Crippen molar-refractivity contribution in [3.63, 3.8) is 0 Å². The molecule has 0 saturated heterocycles. The summed E-state index contributed by atoms with van der Waals surface area (Å²) in [5.74, 6) is 0.351. The van der Waals surface area contributed by atoms with Gasteiger partial charge in [-0.3, -0.25) is 9.59 Å². The SMILES string of the molecule is O=C(COc1ccc(I)cc1)N/N=C/C=N/NC(=O)COc1ccc(I)cc1. The van der Waals surface area contributed by atoms with Crippen molar-refractivity contribution < 1.29 is 19.1 Å². The molecule has 0 heterocycles. The Kier molecular flexibility index (Phi) is 9.68. The number of carbonyl (C=O) groups is 2. The van der Waals surface area contributed by atoms with E-state index in [1.165, 1.54) is 12.4 Å². The molecule has 0 spiro atoms. The molecule has 10 heteroatoms. The summed E-state index contributed by atoms with van der Waals surface area (Å²) in [5.41, 5.74) is 4.56. The number of rotatable bonds is 9. The number of hydrogen-bond donors (Lipinski definition) is 2. The van der Waals surface area contributed by atoms with E-state index >= 15 is 0 Å². The van der Waals surface area contributed by atoms with E-state index in [1.54, 1.807) is 24.3 Å². The van der Waals surface area contributed by atoms with Gasteiger partial charge in [-0.25, -0.2) is 10.9 Å². The molecular formula is C18H16I2N4O4. The summed E-state index contributed by atoms with van der Waals surface area (Å²) in [6, 6.07) is 14.6. The zero-order valence-corrected chi connectivity index (χ0v) is 18.8. The largest absolute Gasteiger partial charge is 0.484 e. The predicted molar refractivity (Wildman–Crippen MR) is 123 cm³/mol. The van der Waals surface area contributed by atoms with Gasteiger partial charge in [0.25, 0.3) is 11.8 Å². The van der Waals surface area contributed by atoms with Crippen molar-refractivity contribution in [2.45, 2.75) is 0 Å². The van der Waals surface area contributed by atoms with Gasteiger partial charge in [-0.15, -0.1) is 0 Å². The summed E-state index contributed by atoms with van der Waals surface area (Å²) in [6.45, 7) is -0.330. The first kappa shape index (κ1) is 22.1. The van der Waals surface area contributed by atoms with Crippen LogP contribution in [0.15, 0.2) is 58.7 Å². The minimum atomic E-state index is -0.418. The van der Waals surface area contributed by atoms with E-state index in [0.29, 0.717) is 11.5 Å². The van der Waals surface area contributed by atoms with Crippen molar-refractivity contribution in [3.8, 4) is 11.5 Å². The lowest BCUT2D eigenvalue weighted by molar-refractivity contribution is -0.123. The van der Waals surface area contributed by atoms with Crippen LogP contribution < -0.4 is 20.3 Å². The van der Waals surface area contributed by atoms with Crippen LogP contribution in [0.5, 0.6) is 11.5 Å². The minimum Gasteiger partial charge on any atom is -0.484 e. The molecule has 8 nitrogen and oxygen atoms in total. The summed E-state index contributed by atoms with van der Waals surface area (Å²) in [5, 5.41) is 7.32. The minimum absolute atomic E-state index is 0.165. The number of hydrazone groups is 2. The first-order chi connectivity index (χ1) is 13.5. The van der Waals surface area contributed by atoms with E-state index in [0.717, 1.165) is 7.14 Å². The molecule has 0 aromatic heterocycles. The van der Waals surface area contributed by atoms with Crippen LogP contribution in [-0.2, 0) is 9.59 Å². The normalized spacial score (nSPS) is 10.8. The van der Waals surface area contributed by atoms with E-state index in [1.807, 2.05) is 24.3 Å². The number of benzene rings is 2. The zero-order chi connectivity index (χ0) is 20.2. The van der Waals surface area contributed by atoms with Gasteiger partial charge in [0.2, 0.25) is 0 Å². The Balaban J connectivity index is 1.59. The van der Waals surface area contributed by atoms with Gasteiger partial charge in [-0.2, -0.15) is 10.2 Å². The van der Waals surface area contributed by atoms with Crippen LogP contribution in [0.2, 0.25) is 0 Å². The Morgan fingerprint density at radius 2 is 1.11 bits per heavy atom. The van der Waals surface area contributed by atoms with Crippen LogP contribution >= 0.6 is 45.2 Å². The maximum atomic E-state index is 11.6. The fourth-order valence-electron chi connectivity index (χ4n) is 1.71.